The molecule has 2 aromatic rings. The lowest BCUT2D eigenvalue weighted by Crippen LogP contribution is -2.00. The SMILES string of the molecule is Clc1ccc(NCc2cccc(C3CC3)c2)cn1. The van der Waals surface area contributed by atoms with Crippen LogP contribution in [-0.2, 0) is 6.54 Å². The summed E-state index contributed by atoms with van der Waals surface area (Å²) in [6, 6.07) is 12.6. The minimum absolute atomic E-state index is 0.524. The highest BCUT2D eigenvalue weighted by Gasteiger charge is 2.23. The fraction of sp³-hybridized carbons (Fsp3) is 0.267. The molecular weight excluding hydrogens is 244 g/mol. The van der Waals surface area contributed by atoms with Crippen molar-refractivity contribution < 1.29 is 0 Å². The third-order valence-corrected chi connectivity index (χ3v) is 3.45. The fourth-order valence-electron chi connectivity index (χ4n) is 2.06. The topological polar surface area (TPSA) is 24.9 Å². The van der Waals surface area contributed by atoms with Gasteiger partial charge in [0, 0.05) is 6.54 Å². The van der Waals surface area contributed by atoms with E-state index >= 15 is 0 Å². The molecule has 1 saturated carbocycles. The first-order chi connectivity index (χ1) is 8.81. The van der Waals surface area contributed by atoms with Gasteiger partial charge in [-0.15, -0.1) is 0 Å². The number of aromatic nitrogens is 1. The van der Waals surface area contributed by atoms with Crippen molar-refractivity contribution in [2.24, 2.45) is 0 Å². The van der Waals surface area contributed by atoms with Crippen LogP contribution in [0, 0.1) is 0 Å². The summed E-state index contributed by atoms with van der Waals surface area (Å²) < 4.78 is 0. The van der Waals surface area contributed by atoms with E-state index < -0.39 is 0 Å². The zero-order valence-corrected chi connectivity index (χ0v) is 10.8. The highest BCUT2D eigenvalue weighted by Crippen LogP contribution is 2.40. The van der Waals surface area contributed by atoms with Gasteiger partial charge in [0.2, 0.25) is 0 Å². The molecule has 0 atom stereocenters. The lowest BCUT2D eigenvalue weighted by Gasteiger charge is -2.07. The highest BCUT2D eigenvalue weighted by atomic mass is 35.5. The van der Waals surface area contributed by atoms with Gasteiger partial charge in [0.15, 0.2) is 0 Å². The molecule has 0 unspecified atom stereocenters. The van der Waals surface area contributed by atoms with E-state index in [2.05, 4.69) is 34.6 Å². The van der Waals surface area contributed by atoms with Gasteiger partial charge in [-0.05, 0) is 42.0 Å². The molecule has 1 aliphatic carbocycles. The van der Waals surface area contributed by atoms with Crippen LogP contribution >= 0.6 is 11.6 Å². The van der Waals surface area contributed by atoms with E-state index in [9.17, 15) is 0 Å². The molecule has 1 fully saturated rings. The van der Waals surface area contributed by atoms with E-state index in [1.807, 2.05) is 6.07 Å². The van der Waals surface area contributed by atoms with Crippen LogP contribution in [0.15, 0.2) is 42.6 Å². The molecule has 1 aromatic carbocycles. The van der Waals surface area contributed by atoms with Crippen LogP contribution in [0.25, 0.3) is 0 Å². The Bertz CT molecular complexity index is 532. The lowest BCUT2D eigenvalue weighted by molar-refractivity contribution is 1.08. The summed E-state index contributed by atoms with van der Waals surface area (Å²) in [5.74, 6) is 0.808. The number of pyridine rings is 1. The molecule has 0 aliphatic heterocycles. The minimum Gasteiger partial charge on any atom is -0.380 e. The van der Waals surface area contributed by atoms with Crippen LogP contribution < -0.4 is 5.32 Å². The molecule has 3 heteroatoms. The van der Waals surface area contributed by atoms with Crippen LogP contribution in [0.5, 0.6) is 0 Å². The predicted octanol–water partition coefficient (Wildman–Crippen LogP) is 4.22. The third-order valence-electron chi connectivity index (χ3n) is 3.22. The molecule has 1 aliphatic rings. The van der Waals surface area contributed by atoms with E-state index in [-0.39, 0.29) is 0 Å². The maximum Gasteiger partial charge on any atom is 0.129 e. The number of halogens is 1. The van der Waals surface area contributed by atoms with Crippen LogP contribution in [0.1, 0.15) is 29.9 Å². The molecule has 0 saturated heterocycles. The molecule has 0 bridgehead atoms. The number of hydrogen-bond donors (Lipinski definition) is 1. The second-order valence-corrected chi connectivity index (χ2v) is 5.13. The van der Waals surface area contributed by atoms with Crippen molar-refractivity contribution in [1.29, 1.82) is 0 Å². The number of nitrogens with zero attached hydrogens (tertiary/aromatic N) is 1. The summed E-state index contributed by atoms with van der Waals surface area (Å²) in [6.07, 6.45) is 4.45. The van der Waals surface area contributed by atoms with E-state index in [4.69, 9.17) is 11.6 Å². The van der Waals surface area contributed by atoms with Gasteiger partial charge in [0.05, 0.1) is 11.9 Å². The number of anilines is 1. The van der Waals surface area contributed by atoms with Gasteiger partial charge in [0.25, 0.3) is 0 Å². The van der Waals surface area contributed by atoms with Gasteiger partial charge in [-0.1, -0.05) is 35.9 Å². The average Bonchev–Trinajstić information content (AvgIpc) is 3.23. The normalized spacial score (nSPS) is 14.5. The average molecular weight is 259 g/mol. The van der Waals surface area contributed by atoms with Gasteiger partial charge in [-0.2, -0.15) is 0 Å². The third kappa shape index (κ3) is 2.82. The van der Waals surface area contributed by atoms with Crippen LogP contribution in [0.4, 0.5) is 5.69 Å². The Morgan fingerprint density at radius 1 is 1.22 bits per heavy atom. The molecule has 1 aromatic heterocycles. The van der Waals surface area contributed by atoms with Crippen molar-refractivity contribution >= 4 is 17.3 Å². The zero-order chi connectivity index (χ0) is 12.4. The Morgan fingerprint density at radius 3 is 2.83 bits per heavy atom. The first-order valence-electron chi connectivity index (χ1n) is 6.25. The first-order valence-corrected chi connectivity index (χ1v) is 6.63. The highest BCUT2D eigenvalue weighted by molar-refractivity contribution is 6.29. The number of benzene rings is 1. The van der Waals surface area contributed by atoms with Crippen molar-refractivity contribution in [3.05, 3.63) is 58.9 Å². The van der Waals surface area contributed by atoms with Gasteiger partial charge in [-0.3, -0.25) is 0 Å². The zero-order valence-electron chi connectivity index (χ0n) is 10.1. The summed E-state index contributed by atoms with van der Waals surface area (Å²) in [5.41, 5.74) is 3.79. The Labute approximate surface area is 112 Å². The van der Waals surface area contributed by atoms with Crippen LogP contribution in [0.2, 0.25) is 5.15 Å². The Morgan fingerprint density at radius 2 is 2.11 bits per heavy atom. The lowest BCUT2D eigenvalue weighted by atomic mass is 10.1. The Hall–Kier alpha value is -1.54. The minimum atomic E-state index is 0.524. The van der Waals surface area contributed by atoms with Gasteiger partial charge >= 0.3 is 0 Å². The molecule has 92 valence electrons. The van der Waals surface area contributed by atoms with Crippen molar-refractivity contribution in [2.75, 3.05) is 5.32 Å². The standard InChI is InChI=1S/C15H15ClN2/c16-15-7-6-14(10-18-15)17-9-11-2-1-3-13(8-11)12-4-5-12/h1-3,6-8,10,12,17H,4-5,9H2. The Balaban J connectivity index is 1.65. The summed E-state index contributed by atoms with van der Waals surface area (Å²) >= 11 is 5.75. The van der Waals surface area contributed by atoms with Gasteiger partial charge in [-0.25, -0.2) is 4.98 Å². The largest absolute Gasteiger partial charge is 0.380 e. The second-order valence-electron chi connectivity index (χ2n) is 4.74. The fourth-order valence-corrected chi connectivity index (χ4v) is 2.17. The van der Waals surface area contributed by atoms with E-state index in [0.717, 1.165) is 18.2 Å². The summed E-state index contributed by atoms with van der Waals surface area (Å²) in [4.78, 5) is 4.05. The molecule has 0 spiro atoms. The summed E-state index contributed by atoms with van der Waals surface area (Å²) in [7, 11) is 0. The molecule has 0 amide bonds. The van der Waals surface area contributed by atoms with E-state index in [1.165, 1.54) is 24.0 Å². The molecule has 1 N–H and O–H groups in total. The number of nitrogens with one attached hydrogen (secondary N) is 1. The molecule has 2 nitrogen and oxygen atoms in total. The van der Waals surface area contributed by atoms with Crippen LogP contribution in [0.3, 0.4) is 0 Å². The summed E-state index contributed by atoms with van der Waals surface area (Å²) in [5, 5.41) is 3.88. The monoisotopic (exact) mass is 258 g/mol. The van der Waals surface area contributed by atoms with E-state index in [1.54, 1.807) is 12.3 Å². The van der Waals surface area contributed by atoms with Crippen molar-refractivity contribution in [1.82, 2.24) is 4.98 Å². The van der Waals surface area contributed by atoms with Gasteiger partial charge in [0.1, 0.15) is 5.15 Å². The molecular formula is C15H15ClN2. The molecule has 1 heterocycles. The maximum absolute atomic E-state index is 5.75. The quantitative estimate of drug-likeness (QED) is 0.831. The van der Waals surface area contributed by atoms with Crippen LogP contribution in [-0.4, -0.2) is 4.98 Å². The second kappa shape index (κ2) is 4.99. The smallest absolute Gasteiger partial charge is 0.129 e. The van der Waals surface area contributed by atoms with Gasteiger partial charge < -0.3 is 5.32 Å². The maximum atomic E-state index is 5.75. The van der Waals surface area contributed by atoms with Crippen molar-refractivity contribution in [3.8, 4) is 0 Å². The first kappa shape index (κ1) is 11.5. The van der Waals surface area contributed by atoms with Crippen molar-refractivity contribution in [2.45, 2.75) is 25.3 Å². The van der Waals surface area contributed by atoms with Crippen molar-refractivity contribution in [3.63, 3.8) is 0 Å². The molecule has 0 radical (unpaired) electrons. The number of hydrogen-bond acceptors (Lipinski definition) is 2. The summed E-state index contributed by atoms with van der Waals surface area (Å²) in [6.45, 7) is 0.823. The Kier molecular flexibility index (Phi) is 3.20. The molecule has 18 heavy (non-hydrogen) atoms. The number of rotatable bonds is 4. The van der Waals surface area contributed by atoms with E-state index in [0.29, 0.717) is 5.15 Å². The molecule has 3 rings (SSSR count). The predicted molar refractivity (Wildman–Crippen MR) is 75.0 cm³/mol.